The molecule has 0 aliphatic heterocycles. The Hall–Kier alpha value is -2.81. The molecule has 2 aromatic carbocycles. The lowest BCUT2D eigenvalue weighted by Gasteiger charge is -2.26. The average molecular weight is 522 g/mol. The average Bonchev–Trinajstić information content (AvgIpc) is 2.73. The molecule has 0 unspecified atom stereocenters. The lowest BCUT2D eigenvalue weighted by molar-refractivity contribution is 0.108. The predicted octanol–water partition coefficient (Wildman–Crippen LogP) is 6.18. The van der Waals surface area contributed by atoms with Gasteiger partial charge in [-0.25, -0.2) is 9.59 Å². The van der Waals surface area contributed by atoms with Crippen LogP contribution in [0.1, 0.15) is 25.0 Å². The molecule has 0 heterocycles. The van der Waals surface area contributed by atoms with Crippen LogP contribution in [0, 0.1) is 0 Å². The largest absolute Gasteiger partial charge is 0.514 e. The molecule has 0 saturated heterocycles. The molecule has 0 bridgehead atoms. The molecule has 0 saturated carbocycles. The van der Waals surface area contributed by atoms with Crippen molar-refractivity contribution in [1.82, 2.24) is 0 Å². The van der Waals surface area contributed by atoms with Crippen molar-refractivity contribution in [1.29, 1.82) is 0 Å². The third-order valence-electron chi connectivity index (χ3n) is 4.26. The molecule has 2 aromatic rings. The highest BCUT2D eigenvalue weighted by molar-refractivity contribution is 14.1. The van der Waals surface area contributed by atoms with E-state index < -0.39 is 12.3 Å². The van der Waals surface area contributed by atoms with Gasteiger partial charge in [-0.3, -0.25) is 0 Å². The minimum Gasteiger partial charge on any atom is -0.430 e. The predicted molar refractivity (Wildman–Crippen MR) is 122 cm³/mol. The van der Waals surface area contributed by atoms with Gasteiger partial charge in [-0.2, -0.15) is 0 Å². The summed E-state index contributed by atoms with van der Waals surface area (Å²) < 4.78 is 21.7. The minimum atomic E-state index is -0.777. The smallest absolute Gasteiger partial charge is 0.430 e. The number of carbonyl (C=O) groups excluding carboxylic acids is 2. The molecule has 0 aliphatic carbocycles. The van der Waals surface area contributed by atoms with Crippen molar-refractivity contribution < 1.29 is 28.5 Å². The van der Waals surface area contributed by atoms with Crippen LogP contribution in [-0.4, -0.2) is 25.5 Å². The van der Waals surface area contributed by atoms with Gasteiger partial charge in [-0.15, -0.1) is 0 Å². The van der Waals surface area contributed by atoms with Crippen LogP contribution in [0.15, 0.2) is 71.3 Å². The van der Waals surface area contributed by atoms with Crippen molar-refractivity contribution in [3.8, 4) is 11.5 Å². The van der Waals surface area contributed by atoms with Gasteiger partial charge in [-0.1, -0.05) is 73.4 Å². The zero-order valence-electron chi connectivity index (χ0n) is 16.8. The zero-order valence-corrected chi connectivity index (χ0v) is 19.0. The normalized spacial score (nSPS) is 11.0. The van der Waals surface area contributed by atoms with Gasteiger partial charge >= 0.3 is 12.3 Å². The van der Waals surface area contributed by atoms with Crippen LogP contribution in [0.2, 0.25) is 0 Å². The second-order valence-electron chi connectivity index (χ2n) is 6.65. The maximum atomic E-state index is 11.6. The Bertz CT molecular complexity index is 885. The van der Waals surface area contributed by atoms with Gasteiger partial charge in [-0.05, 0) is 45.6 Å². The van der Waals surface area contributed by atoms with Gasteiger partial charge in [0.15, 0.2) is 0 Å². The monoisotopic (exact) mass is 522 g/mol. The van der Waals surface area contributed by atoms with Crippen molar-refractivity contribution in [2.75, 3.05) is 13.2 Å². The van der Waals surface area contributed by atoms with Crippen molar-refractivity contribution in [3.63, 3.8) is 0 Å². The maximum absolute atomic E-state index is 11.6. The first-order valence-electron chi connectivity index (χ1n) is 9.13. The molecule has 0 N–H and O–H groups in total. The molecule has 0 spiro atoms. The number of benzene rings is 2. The van der Waals surface area contributed by atoms with E-state index in [0.29, 0.717) is 11.5 Å². The number of carbonyl (C=O) groups is 2. The fourth-order valence-electron chi connectivity index (χ4n) is 2.58. The van der Waals surface area contributed by atoms with Crippen LogP contribution in [-0.2, 0) is 14.9 Å². The first-order chi connectivity index (χ1) is 14.4. The van der Waals surface area contributed by atoms with E-state index in [9.17, 15) is 9.59 Å². The van der Waals surface area contributed by atoms with E-state index in [0.717, 1.165) is 11.1 Å². The number of ether oxygens (including phenoxy) is 4. The molecular weight excluding hydrogens is 499 g/mol. The van der Waals surface area contributed by atoms with Crippen LogP contribution in [0.25, 0.3) is 0 Å². The Morgan fingerprint density at radius 2 is 1.30 bits per heavy atom. The molecular formula is C23H23IO6. The van der Waals surface area contributed by atoms with E-state index >= 15 is 0 Å². The van der Waals surface area contributed by atoms with E-state index in [1.54, 1.807) is 34.4 Å². The Labute approximate surface area is 189 Å². The van der Waals surface area contributed by atoms with Crippen molar-refractivity contribution in [2.24, 2.45) is 0 Å². The summed E-state index contributed by atoms with van der Waals surface area (Å²) in [6.45, 7) is 7.88. The highest BCUT2D eigenvalue weighted by Gasteiger charge is 2.23. The number of rotatable bonds is 8. The highest BCUT2D eigenvalue weighted by atomic mass is 127. The molecule has 158 valence electrons. The van der Waals surface area contributed by atoms with Gasteiger partial charge in [0.2, 0.25) is 0 Å². The first-order valence-corrected chi connectivity index (χ1v) is 10.4. The Morgan fingerprint density at radius 3 is 1.70 bits per heavy atom. The second-order valence-corrected chi connectivity index (χ2v) is 7.37. The first kappa shape index (κ1) is 23.5. The van der Waals surface area contributed by atoms with E-state index in [4.69, 9.17) is 18.9 Å². The quantitative estimate of drug-likeness (QED) is 0.179. The van der Waals surface area contributed by atoms with E-state index in [-0.39, 0.29) is 18.6 Å². The SMILES string of the molecule is C=CCOC(=O)Oc1ccc(C(C)(C)c2ccc(OC(=O)OCC=CI)cc2)cc1. The third kappa shape index (κ3) is 6.91. The summed E-state index contributed by atoms with van der Waals surface area (Å²) >= 11 is 2.04. The molecule has 0 fully saturated rings. The van der Waals surface area contributed by atoms with Crippen LogP contribution in [0.5, 0.6) is 11.5 Å². The molecule has 0 aliphatic rings. The highest BCUT2D eigenvalue weighted by Crippen LogP contribution is 2.33. The number of hydrogen-bond acceptors (Lipinski definition) is 6. The molecule has 0 amide bonds. The lowest BCUT2D eigenvalue weighted by atomic mass is 9.78. The van der Waals surface area contributed by atoms with Crippen LogP contribution in [0.4, 0.5) is 9.59 Å². The summed E-state index contributed by atoms with van der Waals surface area (Å²) in [6.07, 6.45) is 1.64. The van der Waals surface area contributed by atoms with E-state index in [2.05, 4.69) is 20.4 Å². The van der Waals surface area contributed by atoms with Gasteiger partial charge in [0.1, 0.15) is 24.7 Å². The van der Waals surface area contributed by atoms with Crippen molar-refractivity contribution in [2.45, 2.75) is 19.3 Å². The summed E-state index contributed by atoms with van der Waals surface area (Å²) in [6, 6.07) is 14.4. The molecule has 6 nitrogen and oxygen atoms in total. The van der Waals surface area contributed by atoms with Crippen LogP contribution in [0.3, 0.4) is 0 Å². The van der Waals surface area contributed by atoms with Crippen LogP contribution < -0.4 is 9.47 Å². The van der Waals surface area contributed by atoms with Crippen LogP contribution >= 0.6 is 22.6 Å². The Kier molecular flexibility index (Phi) is 8.91. The summed E-state index contributed by atoms with van der Waals surface area (Å²) in [5.41, 5.74) is 1.72. The zero-order chi connectivity index (χ0) is 22.0. The summed E-state index contributed by atoms with van der Waals surface area (Å²) in [4.78, 5) is 23.1. The third-order valence-corrected chi connectivity index (χ3v) is 4.77. The van der Waals surface area contributed by atoms with E-state index in [1.807, 2.05) is 46.9 Å². The maximum Gasteiger partial charge on any atom is 0.514 e. The van der Waals surface area contributed by atoms with Crippen molar-refractivity contribution >= 4 is 34.9 Å². The molecule has 0 aromatic heterocycles. The molecule has 0 atom stereocenters. The Morgan fingerprint density at radius 1 is 0.867 bits per heavy atom. The summed E-state index contributed by atoms with van der Waals surface area (Å²) in [5, 5.41) is 0. The molecule has 0 radical (unpaired) electrons. The molecule has 2 rings (SSSR count). The van der Waals surface area contributed by atoms with Gasteiger partial charge < -0.3 is 18.9 Å². The van der Waals surface area contributed by atoms with Gasteiger partial charge in [0.05, 0.1) is 0 Å². The van der Waals surface area contributed by atoms with Gasteiger partial charge in [0, 0.05) is 5.41 Å². The topological polar surface area (TPSA) is 71.1 Å². The van der Waals surface area contributed by atoms with Gasteiger partial charge in [0.25, 0.3) is 0 Å². The second kappa shape index (κ2) is 11.4. The van der Waals surface area contributed by atoms with E-state index in [1.165, 1.54) is 6.08 Å². The fourth-order valence-corrected chi connectivity index (χ4v) is 2.78. The summed E-state index contributed by atoms with van der Waals surface area (Å²) in [5.74, 6) is 0.795. The van der Waals surface area contributed by atoms with Crippen molar-refractivity contribution in [3.05, 3.63) is 82.5 Å². The lowest BCUT2D eigenvalue weighted by Crippen LogP contribution is -2.19. The summed E-state index contributed by atoms with van der Waals surface area (Å²) in [7, 11) is 0. The molecule has 7 heteroatoms. The Balaban J connectivity index is 2.03. The minimum absolute atomic E-state index is 0.0941. The fraction of sp³-hybridized carbons (Fsp3) is 0.217. The standard InChI is InChI=1S/C23H23IO6/c1-4-15-27-21(25)29-19-10-6-17(7-11-19)23(2,3)18-8-12-20(13-9-18)30-22(26)28-16-5-14-24/h4-14H,1,15-16H2,2-3H3. The molecule has 30 heavy (non-hydrogen) atoms. The number of halogens is 1. The number of hydrogen-bond donors (Lipinski definition) is 0.